The minimum Gasteiger partial charge on any atom is -0.494 e. The summed E-state index contributed by atoms with van der Waals surface area (Å²) in [5.74, 6) is 0.975. The number of carbonyl (C=O) groups excluding carboxylic acids is 2. The Morgan fingerprint density at radius 3 is 2.15 bits per heavy atom. The summed E-state index contributed by atoms with van der Waals surface area (Å²) in [7, 11) is 0. The summed E-state index contributed by atoms with van der Waals surface area (Å²) in [4.78, 5) is 30.7. The van der Waals surface area contributed by atoms with Crippen LogP contribution in [0.1, 0.15) is 102 Å². The highest BCUT2D eigenvalue weighted by atomic mass is 16.5. The van der Waals surface area contributed by atoms with Crippen LogP contribution in [0.4, 0.5) is 17.1 Å². The third-order valence-corrected chi connectivity index (χ3v) is 12.0. The van der Waals surface area contributed by atoms with Crippen LogP contribution in [0.15, 0.2) is 124 Å². The molecule has 0 bridgehead atoms. The van der Waals surface area contributed by atoms with Gasteiger partial charge in [-0.2, -0.15) is 10.2 Å². The molecule has 0 unspecified atom stereocenters. The molecule has 6 rings (SSSR count). The van der Waals surface area contributed by atoms with E-state index in [1.807, 2.05) is 72.8 Å². The Hall–Kier alpha value is -6.33. The van der Waals surface area contributed by atoms with Gasteiger partial charge in [0.1, 0.15) is 36.2 Å². The standard InChI is InChI=1S/C54H67N7O4/c1-6-11-12-13-18-35-64-44-30-26-41(27-31-44)59-58-40-24-22-39(23-25-40)38-56-54(63)49(21-16-17-34-55)57-53(62)46-20-15-14-19-45(46)52-47-32-28-42(60(7-2)8-3)36-50(47)65-51-37-43(29-33-48(51)52)61(9-4)10-5/h14-15,19-20,22-33,36-37,49H,6-13,16-18,21,34-35,38,55H2,1-5H3,(H-,56,57,62,63)/p+1/t49-/m0/s1. The molecule has 0 radical (unpaired) electrons. The first-order chi connectivity index (χ1) is 31.8. The maximum absolute atomic E-state index is 14.5. The first-order valence-corrected chi connectivity index (χ1v) is 23.8. The minimum absolute atomic E-state index is 0.261. The molecule has 11 heteroatoms. The van der Waals surface area contributed by atoms with Gasteiger partial charge in [-0.25, -0.2) is 4.58 Å². The molecule has 65 heavy (non-hydrogen) atoms. The quantitative estimate of drug-likeness (QED) is 0.0240. The van der Waals surface area contributed by atoms with Crippen molar-refractivity contribution < 1.29 is 18.7 Å². The van der Waals surface area contributed by atoms with Gasteiger partial charge >= 0.3 is 0 Å². The van der Waals surface area contributed by atoms with Crippen LogP contribution in [-0.4, -0.2) is 57.2 Å². The summed E-state index contributed by atoms with van der Waals surface area (Å²) in [5.41, 5.74) is 13.0. The molecule has 4 N–H and O–H groups in total. The van der Waals surface area contributed by atoms with E-state index in [0.717, 1.165) is 100 Å². The van der Waals surface area contributed by atoms with Gasteiger partial charge in [-0.15, -0.1) is 0 Å². The van der Waals surface area contributed by atoms with E-state index >= 15 is 0 Å². The van der Waals surface area contributed by atoms with Crippen molar-refractivity contribution in [1.82, 2.24) is 15.2 Å². The van der Waals surface area contributed by atoms with Crippen LogP contribution in [0.5, 0.6) is 5.75 Å². The molecule has 4 aromatic rings. The number of fused-ring (bicyclic) bond motifs is 2. The molecule has 11 nitrogen and oxygen atoms in total. The number of rotatable bonds is 24. The van der Waals surface area contributed by atoms with Crippen LogP contribution in [-0.2, 0) is 11.3 Å². The van der Waals surface area contributed by atoms with Crippen LogP contribution in [0.25, 0.3) is 33.4 Å². The van der Waals surface area contributed by atoms with Crippen molar-refractivity contribution in [3.8, 4) is 28.2 Å². The second-order valence-corrected chi connectivity index (χ2v) is 16.4. The number of nitrogens with one attached hydrogen (secondary N) is 2. The summed E-state index contributed by atoms with van der Waals surface area (Å²) >= 11 is 0. The van der Waals surface area contributed by atoms with Gasteiger partial charge < -0.3 is 30.4 Å². The summed E-state index contributed by atoms with van der Waals surface area (Å²) in [6, 6.07) is 34.7. The highest BCUT2D eigenvalue weighted by Crippen LogP contribution is 2.42. The zero-order valence-corrected chi connectivity index (χ0v) is 39.1. The number of azo groups is 1. The third-order valence-electron chi connectivity index (χ3n) is 12.0. The minimum atomic E-state index is -0.773. The number of benzene rings is 5. The van der Waals surface area contributed by atoms with E-state index in [1.165, 1.54) is 25.7 Å². The van der Waals surface area contributed by atoms with Crippen LogP contribution >= 0.6 is 0 Å². The van der Waals surface area contributed by atoms with Gasteiger partial charge in [0.25, 0.3) is 5.91 Å². The van der Waals surface area contributed by atoms with Gasteiger partial charge in [0.2, 0.25) is 11.3 Å². The van der Waals surface area contributed by atoms with Gasteiger partial charge in [0.15, 0.2) is 0 Å². The molecule has 0 aromatic heterocycles. The average Bonchev–Trinajstić information content (AvgIpc) is 3.34. The number of hydrogen-bond acceptors (Lipinski definition) is 8. The van der Waals surface area contributed by atoms with E-state index in [2.05, 4.69) is 101 Å². The lowest BCUT2D eigenvalue weighted by Crippen LogP contribution is -2.46. The van der Waals surface area contributed by atoms with Crippen molar-refractivity contribution in [2.75, 3.05) is 44.2 Å². The second-order valence-electron chi connectivity index (χ2n) is 16.4. The molecule has 0 spiro atoms. The summed E-state index contributed by atoms with van der Waals surface area (Å²) in [5, 5.41) is 16.9. The Labute approximate surface area is 385 Å². The smallest absolute Gasteiger partial charge is 0.252 e. The van der Waals surface area contributed by atoms with Crippen LogP contribution in [0.2, 0.25) is 0 Å². The molecule has 0 fully saturated rings. The maximum Gasteiger partial charge on any atom is 0.252 e. The average molecular weight is 879 g/mol. The van der Waals surface area contributed by atoms with Gasteiger partial charge in [0.05, 0.1) is 24.0 Å². The Kier molecular flexibility index (Phi) is 18.3. The molecule has 1 aliphatic carbocycles. The van der Waals surface area contributed by atoms with Crippen molar-refractivity contribution in [2.24, 2.45) is 16.0 Å². The number of ether oxygens (including phenoxy) is 1. The summed E-state index contributed by atoms with van der Waals surface area (Å²) in [6.45, 7) is 15.8. The molecule has 0 saturated heterocycles. The molecule has 2 aliphatic rings. The molecule has 342 valence electrons. The monoisotopic (exact) mass is 879 g/mol. The molecule has 0 saturated carbocycles. The fourth-order valence-corrected chi connectivity index (χ4v) is 8.24. The lowest BCUT2D eigenvalue weighted by atomic mass is 9.90. The predicted octanol–water partition coefficient (Wildman–Crippen LogP) is 11.2. The highest BCUT2D eigenvalue weighted by Gasteiger charge is 2.26. The van der Waals surface area contributed by atoms with Gasteiger partial charge in [-0.3, -0.25) is 9.59 Å². The molecule has 1 heterocycles. The molecular weight excluding hydrogens is 811 g/mol. The first-order valence-electron chi connectivity index (χ1n) is 23.8. The van der Waals surface area contributed by atoms with E-state index < -0.39 is 6.04 Å². The van der Waals surface area contributed by atoms with E-state index in [9.17, 15) is 9.59 Å². The van der Waals surface area contributed by atoms with Crippen LogP contribution < -0.4 is 35.9 Å². The number of nitrogens with zero attached hydrogens (tertiary/aromatic N) is 4. The Morgan fingerprint density at radius 2 is 1.46 bits per heavy atom. The van der Waals surface area contributed by atoms with E-state index in [-0.39, 0.29) is 18.4 Å². The van der Waals surface area contributed by atoms with E-state index in [4.69, 9.17) is 14.9 Å². The van der Waals surface area contributed by atoms with Crippen molar-refractivity contribution in [1.29, 1.82) is 0 Å². The number of amides is 2. The SMILES string of the molecule is CCCCCCCOc1ccc(N=Nc2ccc(CNC(=O)[C@H](CCCCN)NC(=O)c3ccccc3-c3c4ccc(=[N+](CC)CC)cc-4oc4cc(N(CC)CC)ccc34)cc2)cc1. The first kappa shape index (κ1) is 48.1. The van der Waals surface area contributed by atoms with Crippen molar-refractivity contribution in [3.05, 3.63) is 126 Å². The molecule has 1 aliphatic heterocycles. The Balaban J connectivity index is 1.18. The van der Waals surface area contributed by atoms with Gasteiger partial charge in [-0.05, 0) is 132 Å². The predicted molar refractivity (Wildman–Crippen MR) is 266 cm³/mol. The van der Waals surface area contributed by atoms with Gasteiger partial charge in [-0.1, -0.05) is 62.9 Å². The number of hydrogen-bond donors (Lipinski definition) is 3. The number of nitrogens with two attached hydrogens (primary N) is 1. The zero-order valence-electron chi connectivity index (χ0n) is 39.1. The van der Waals surface area contributed by atoms with Crippen molar-refractivity contribution in [3.63, 3.8) is 0 Å². The topological polar surface area (TPSA) is 138 Å². The third kappa shape index (κ3) is 12.9. The van der Waals surface area contributed by atoms with Crippen molar-refractivity contribution >= 4 is 39.8 Å². The molecular formula is C54H68N7O4+. The van der Waals surface area contributed by atoms with Crippen LogP contribution in [0.3, 0.4) is 0 Å². The normalized spacial score (nSPS) is 11.8. The molecule has 4 aromatic carbocycles. The highest BCUT2D eigenvalue weighted by molar-refractivity contribution is 6.10. The van der Waals surface area contributed by atoms with Crippen molar-refractivity contribution in [2.45, 2.75) is 98.6 Å². The van der Waals surface area contributed by atoms with E-state index in [0.29, 0.717) is 37.2 Å². The maximum atomic E-state index is 14.5. The Bertz CT molecular complexity index is 2520. The Morgan fingerprint density at radius 1 is 0.754 bits per heavy atom. The largest absolute Gasteiger partial charge is 0.494 e. The van der Waals surface area contributed by atoms with Gasteiger partial charge in [0, 0.05) is 59.5 Å². The number of anilines is 1. The summed E-state index contributed by atoms with van der Waals surface area (Å²) in [6.07, 6.45) is 7.87. The number of carbonyl (C=O) groups is 2. The fraction of sp³-hybridized carbons (Fsp3) is 0.389. The van der Waals surface area contributed by atoms with E-state index in [1.54, 1.807) is 0 Å². The summed E-state index contributed by atoms with van der Waals surface area (Å²) < 4.78 is 14.9. The van der Waals surface area contributed by atoms with Crippen LogP contribution in [0, 0.1) is 0 Å². The molecule has 2 amide bonds. The zero-order chi connectivity index (χ0) is 46.0. The second kappa shape index (κ2) is 24.7. The lowest BCUT2D eigenvalue weighted by molar-refractivity contribution is -0.123. The fourth-order valence-electron chi connectivity index (χ4n) is 8.24. The number of unbranched alkanes of at least 4 members (excludes halogenated alkanes) is 5. The lowest BCUT2D eigenvalue weighted by Gasteiger charge is -2.23. The molecule has 1 atom stereocenters.